The maximum absolute atomic E-state index is 13.7. The van der Waals surface area contributed by atoms with Crippen LogP contribution in [0.2, 0.25) is 0 Å². The molecule has 0 fully saturated rings. The van der Waals surface area contributed by atoms with E-state index in [0.29, 0.717) is 0 Å². The highest BCUT2D eigenvalue weighted by Crippen LogP contribution is 2.16. The van der Waals surface area contributed by atoms with Gasteiger partial charge in [-0.05, 0) is 29.6 Å². The van der Waals surface area contributed by atoms with Gasteiger partial charge in [0.15, 0.2) is 5.52 Å². The largest absolute Gasteiger partial charge is 0.332 e. The highest BCUT2D eigenvalue weighted by atomic mass is 32.1. The Morgan fingerprint density at radius 1 is 1.26 bits per heavy atom. The number of nitrogens with zero attached hydrogens (tertiary/aromatic N) is 3. The van der Waals surface area contributed by atoms with Crippen molar-refractivity contribution in [3.8, 4) is 0 Å². The van der Waals surface area contributed by atoms with E-state index < -0.39 is 35.3 Å². The molecule has 0 unspecified atom stereocenters. The molecule has 10 heteroatoms. The van der Waals surface area contributed by atoms with Crippen LogP contribution in [0.25, 0.3) is 11.0 Å². The third-order valence-corrected chi connectivity index (χ3v) is 4.42. The van der Waals surface area contributed by atoms with Gasteiger partial charge in [-0.1, -0.05) is 13.8 Å². The van der Waals surface area contributed by atoms with Gasteiger partial charge in [0.1, 0.15) is 18.2 Å². The minimum absolute atomic E-state index is 0.0233. The lowest BCUT2D eigenvalue weighted by molar-refractivity contribution is -0.116. The summed E-state index contributed by atoms with van der Waals surface area (Å²) in [6.07, 6.45) is 0. The van der Waals surface area contributed by atoms with Crippen molar-refractivity contribution in [3.63, 3.8) is 0 Å². The third-order valence-electron chi connectivity index (χ3n) is 3.80. The van der Waals surface area contributed by atoms with Gasteiger partial charge >= 0.3 is 5.69 Å². The molecule has 0 radical (unpaired) electrons. The number of rotatable bonds is 5. The van der Waals surface area contributed by atoms with Gasteiger partial charge in [0, 0.05) is 18.0 Å². The number of carbonyl (C=O) groups is 1. The summed E-state index contributed by atoms with van der Waals surface area (Å²) in [4.78, 5) is 37.5. The lowest BCUT2D eigenvalue weighted by atomic mass is 10.2. The Bertz CT molecular complexity index is 1130. The van der Waals surface area contributed by atoms with E-state index >= 15 is 0 Å². The Morgan fingerprint density at radius 2 is 2.00 bits per heavy atom. The van der Waals surface area contributed by atoms with Crippen LogP contribution in [0.15, 0.2) is 33.2 Å². The first kappa shape index (κ1) is 18.9. The molecule has 1 amide bonds. The van der Waals surface area contributed by atoms with Crippen LogP contribution in [-0.2, 0) is 17.9 Å². The summed E-state index contributed by atoms with van der Waals surface area (Å²) in [5.41, 5.74) is -1.19. The molecule has 3 aromatic rings. The van der Waals surface area contributed by atoms with E-state index in [1.807, 2.05) is 13.8 Å². The van der Waals surface area contributed by atoms with Crippen LogP contribution in [0.5, 0.6) is 0 Å². The predicted molar refractivity (Wildman–Crippen MR) is 98.0 cm³/mol. The third kappa shape index (κ3) is 3.80. The van der Waals surface area contributed by atoms with Crippen LogP contribution in [0.1, 0.15) is 13.8 Å². The fourth-order valence-electron chi connectivity index (χ4n) is 2.64. The highest BCUT2D eigenvalue weighted by Gasteiger charge is 2.18. The summed E-state index contributed by atoms with van der Waals surface area (Å²) in [5, 5.41) is 3.73. The van der Waals surface area contributed by atoms with Crippen LogP contribution < -0.4 is 16.6 Å². The molecule has 1 aromatic carbocycles. The number of carbonyl (C=O) groups excluding carboxylic acids is 1. The van der Waals surface area contributed by atoms with E-state index in [0.717, 1.165) is 38.9 Å². The van der Waals surface area contributed by atoms with Crippen molar-refractivity contribution in [2.24, 2.45) is 5.92 Å². The second kappa shape index (κ2) is 7.39. The topological polar surface area (TPSA) is 86.0 Å². The normalized spacial score (nSPS) is 11.3. The maximum atomic E-state index is 13.7. The minimum atomic E-state index is -0.802. The summed E-state index contributed by atoms with van der Waals surface area (Å²) >= 11 is 0.989. The number of fused-ring (bicyclic) bond motifs is 1. The van der Waals surface area contributed by atoms with Crippen LogP contribution in [0, 0.1) is 17.6 Å². The lowest BCUT2D eigenvalue weighted by Crippen LogP contribution is -2.42. The van der Waals surface area contributed by atoms with Crippen molar-refractivity contribution in [2.75, 3.05) is 5.32 Å². The SMILES string of the molecule is CC(C)Cn1c(=O)c2nscc2n(CC(=O)Nc2cc(F)ccc2F)c1=O. The minimum Gasteiger partial charge on any atom is -0.322 e. The molecule has 2 heterocycles. The molecule has 3 rings (SSSR count). The number of benzene rings is 1. The van der Waals surface area contributed by atoms with E-state index in [9.17, 15) is 23.2 Å². The zero-order chi connectivity index (χ0) is 19.7. The number of amides is 1. The Labute approximate surface area is 156 Å². The first-order valence-electron chi connectivity index (χ1n) is 8.10. The summed E-state index contributed by atoms with van der Waals surface area (Å²) in [6.45, 7) is 3.40. The molecule has 0 aliphatic carbocycles. The molecule has 2 aromatic heterocycles. The van der Waals surface area contributed by atoms with E-state index in [2.05, 4.69) is 9.69 Å². The van der Waals surface area contributed by atoms with Crippen molar-refractivity contribution >= 4 is 34.2 Å². The van der Waals surface area contributed by atoms with Crippen molar-refractivity contribution in [1.29, 1.82) is 0 Å². The Balaban J connectivity index is 2.00. The van der Waals surface area contributed by atoms with Gasteiger partial charge in [0.05, 0.1) is 11.2 Å². The van der Waals surface area contributed by atoms with Crippen LogP contribution in [0.3, 0.4) is 0 Å². The van der Waals surface area contributed by atoms with Crippen LogP contribution in [-0.4, -0.2) is 19.4 Å². The first-order chi connectivity index (χ1) is 12.8. The lowest BCUT2D eigenvalue weighted by Gasteiger charge is -2.13. The fraction of sp³-hybridized carbons (Fsp3) is 0.294. The van der Waals surface area contributed by atoms with Crippen molar-refractivity contribution in [2.45, 2.75) is 26.9 Å². The molecule has 0 spiro atoms. The zero-order valence-electron chi connectivity index (χ0n) is 14.5. The van der Waals surface area contributed by atoms with Gasteiger partial charge in [-0.3, -0.25) is 18.7 Å². The fourth-order valence-corrected chi connectivity index (χ4v) is 3.31. The van der Waals surface area contributed by atoms with Gasteiger partial charge in [0.25, 0.3) is 5.56 Å². The summed E-state index contributed by atoms with van der Waals surface area (Å²) < 4.78 is 33.1. The average molecular weight is 394 g/mol. The number of hydrogen-bond acceptors (Lipinski definition) is 5. The molecule has 0 saturated carbocycles. The number of nitrogens with one attached hydrogen (secondary N) is 1. The van der Waals surface area contributed by atoms with E-state index in [1.165, 1.54) is 5.38 Å². The Kier molecular flexibility index (Phi) is 5.17. The molecule has 0 bridgehead atoms. The predicted octanol–water partition coefficient (Wildman–Crippen LogP) is 2.19. The quantitative estimate of drug-likeness (QED) is 0.719. The van der Waals surface area contributed by atoms with E-state index in [4.69, 9.17) is 0 Å². The Hall–Kier alpha value is -2.88. The monoisotopic (exact) mass is 394 g/mol. The highest BCUT2D eigenvalue weighted by molar-refractivity contribution is 7.04. The molecule has 0 saturated heterocycles. The van der Waals surface area contributed by atoms with Gasteiger partial charge < -0.3 is 5.32 Å². The summed E-state index contributed by atoms with van der Waals surface area (Å²) in [5.74, 6) is -2.22. The van der Waals surface area contributed by atoms with E-state index in [-0.39, 0.29) is 29.2 Å². The second-order valence-corrected chi connectivity index (χ2v) is 7.03. The van der Waals surface area contributed by atoms with E-state index in [1.54, 1.807) is 0 Å². The molecule has 7 nitrogen and oxygen atoms in total. The maximum Gasteiger partial charge on any atom is 0.332 e. The Morgan fingerprint density at radius 3 is 2.70 bits per heavy atom. The molecule has 0 aliphatic rings. The second-order valence-electron chi connectivity index (χ2n) is 6.40. The number of anilines is 1. The molecule has 0 aliphatic heterocycles. The average Bonchev–Trinajstić information content (AvgIpc) is 3.08. The molecule has 142 valence electrons. The molecule has 1 N–H and O–H groups in total. The summed E-state index contributed by atoms with van der Waals surface area (Å²) in [7, 11) is 0. The molecular weight excluding hydrogens is 378 g/mol. The first-order valence-corrected chi connectivity index (χ1v) is 8.94. The molecular formula is C17H16F2N4O3S. The van der Waals surface area contributed by atoms with Gasteiger partial charge in [-0.15, -0.1) is 0 Å². The van der Waals surface area contributed by atoms with Gasteiger partial charge in [0.2, 0.25) is 5.91 Å². The standard InChI is InChI=1S/C17H16F2N4O3S/c1-9(2)6-23-16(25)15-13(8-27-21-15)22(17(23)26)7-14(24)20-12-5-10(18)3-4-11(12)19/h3-5,8-9H,6-7H2,1-2H3,(H,20,24). The number of hydrogen-bond donors (Lipinski definition) is 1. The zero-order valence-corrected chi connectivity index (χ0v) is 15.3. The van der Waals surface area contributed by atoms with Crippen molar-refractivity contribution < 1.29 is 13.6 Å². The van der Waals surface area contributed by atoms with Crippen molar-refractivity contribution in [1.82, 2.24) is 13.5 Å². The smallest absolute Gasteiger partial charge is 0.322 e. The summed E-state index contributed by atoms with van der Waals surface area (Å²) in [6, 6.07) is 2.66. The van der Waals surface area contributed by atoms with Crippen molar-refractivity contribution in [3.05, 3.63) is 56.1 Å². The number of halogens is 2. The molecule has 0 atom stereocenters. The van der Waals surface area contributed by atoms with Gasteiger partial charge in [-0.2, -0.15) is 4.37 Å². The van der Waals surface area contributed by atoms with Gasteiger partial charge in [-0.25, -0.2) is 13.6 Å². The van der Waals surface area contributed by atoms with Crippen LogP contribution in [0.4, 0.5) is 14.5 Å². The molecule has 27 heavy (non-hydrogen) atoms. The van der Waals surface area contributed by atoms with Crippen LogP contribution >= 0.6 is 11.5 Å². The number of aromatic nitrogens is 3.